The summed E-state index contributed by atoms with van der Waals surface area (Å²) in [6, 6.07) is 0.450. The molecule has 1 unspecified atom stereocenters. The lowest BCUT2D eigenvalue weighted by Crippen LogP contribution is -2.45. The largest absolute Gasteiger partial charge is 0.381 e. The molecule has 1 saturated carbocycles. The molecule has 2 N–H and O–H groups in total. The van der Waals surface area contributed by atoms with Gasteiger partial charge in [0.15, 0.2) is 0 Å². The minimum Gasteiger partial charge on any atom is -0.381 e. The van der Waals surface area contributed by atoms with Gasteiger partial charge >= 0.3 is 0 Å². The van der Waals surface area contributed by atoms with E-state index in [0.717, 1.165) is 25.0 Å². The van der Waals surface area contributed by atoms with Crippen LogP contribution in [0.5, 0.6) is 0 Å². The van der Waals surface area contributed by atoms with Crippen LogP contribution in [0.3, 0.4) is 0 Å². The Hall–Kier alpha value is -0.120. The second-order valence-electron chi connectivity index (χ2n) is 6.14. The summed E-state index contributed by atoms with van der Waals surface area (Å²) in [5, 5.41) is 0. The number of likely N-dealkylation sites (tertiary alicyclic amines) is 1. The van der Waals surface area contributed by atoms with Crippen molar-refractivity contribution in [1.29, 1.82) is 0 Å². The van der Waals surface area contributed by atoms with Crippen molar-refractivity contribution in [2.45, 2.75) is 51.5 Å². The van der Waals surface area contributed by atoms with Crippen LogP contribution in [-0.2, 0) is 4.74 Å². The monoisotopic (exact) mass is 254 g/mol. The van der Waals surface area contributed by atoms with E-state index in [9.17, 15) is 0 Å². The Balaban J connectivity index is 1.74. The van der Waals surface area contributed by atoms with E-state index < -0.39 is 0 Å². The molecule has 0 radical (unpaired) electrons. The Kier molecular flexibility index (Phi) is 5.93. The van der Waals surface area contributed by atoms with Gasteiger partial charge in [-0.1, -0.05) is 12.8 Å². The summed E-state index contributed by atoms with van der Waals surface area (Å²) in [7, 11) is 0. The second-order valence-corrected chi connectivity index (χ2v) is 6.14. The van der Waals surface area contributed by atoms with E-state index in [-0.39, 0.29) is 0 Å². The molecule has 0 spiro atoms. The Morgan fingerprint density at radius 1 is 1.17 bits per heavy atom. The average molecular weight is 254 g/mol. The first kappa shape index (κ1) is 14.3. The zero-order valence-corrected chi connectivity index (χ0v) is 11.9. The summed E-state index contributed by atoms with van der Waals surface area (Å²) < 4.78 is 5.58. The quantitative estimate of drug-likeness (QED) is 0.818. The van der Waals surface area contributed by atoms with Crippen LogP contribution in [0.2, 0.25) is 0 Å². The Labute approximate surface area is 112 Å². The number of hydrogen-bond acceptors (Lipinski definition) is 3. The van der Waals surface area contributed by atoms with Gasteiger partial charge in [0.05, 0.1) is 6.61 Å². The molecule has 0 amide bonds. The molecule has 2 aliphatic rings. The molecule has 2 fully saturated rings. The van der Waals surface area contributed by atoms with Gasteiger partial charge in [0.1, 0.15) is 0 Å². The maximum Gasteiger partial charge on any atom is 0.0506 e. The van der Waals surface area contributed by atoms with Crippen molar-refractivity contribution >= 4 is 0 Å². The predicted octanol–water partition coefficient (Wildman–Crippen LogP) is 2.25. The van der Waals surface area contributed by atoms with Crippen LogP contribution in [-0.4, -0.2) is 43.8 Å². The summed E-state index contributed by atoms with van der Waals surface area (Å²) in [5.41, 5.74) is 6.26. The van der Waals surface area contributed by atoms with E-state index in [4.69, 9.17) is 10.5 Å². The SMILES string of the molecule is CCOCC1CCCN(C[C@@H]2CCCC[C@H]2N)C1. The Bertz CT molecular complexity index is 235. The summed E-state index contributed by atoms with van der Waals surface area (Å²) in [4.78, 5) is 2.64. The molecule has 0 aromatic rings. The van der Waals surface area contributed by atoms with E-state index in [1.807, 2.05) is 0 Å². The lowest BCUT2D eigenvalue weighted by molar-refractivity contribution is 0.0574. The molecule has 1 aliphatic carbocycles. The van der Waals surface area contributed by atoms with Crippen LogP contribution < -0.4 is 5.73 Å². The van der Waals surface area contributed by atoms with Crippen molar-refractivity contribution in [2.75, 3.05) is 32.8 Å². The molecule has 0 bridgehead atoms. The van der Waals surface area contributed by atoms with Crippen LogP contribution in [0.25, 0.3) is 0 Å². The fourth-order valence-corrected chi connectivity index (χ4v) is 3.53. The van der Waals surface area contributed by atoms with Gasteiger partial charge in [-0.2, -0.15) is 0 Å². The van der Waals surface area contributed by atoms with Crippen LogP contribution in [0, 0.1) is 11.8 Å². The van der Waals surface area contributed by atoms with Gasteiger partial charge in [0.25, 0.3) is 0 Å². The molecule has 3 heteroatoms. The highest BCUT2D eigenvalue weighted by molar-refractivity contribution is 4.82. The second kappa shape index (κ2) is 7.46. The lowest BCUT2D eigenvalue weighted by atomic mass is 9.84. The normalized spacial score (nSPS) is 34.7. The number of nitrogens with two attached hydrogens (primary N) is 1. The van der Waals surface area contributed by atoms with Gasteiger partial charge in [0, 0.05) is 25.7 Å². The topological polar surface area (TPSA) is 38.5 Å². The van der Waals surface area contributed by atoms with Crippen molar-refractivity contribution in [2.24, 2.45) is 17.6 Å². The molecule has 3 nitrogen and oxygen atoms in total. The highest BCUT2D eigenvalue weighted by Crippen LogP contribution is 2.26. The fraction of sp³-hybridized carbons (Fsp3) is 1.00. The maximum absolute atomic E-state index is 6.26. The van der Waals surface area contributed by atoms with Crippen LogP contribution in [0.15, 0.2) is 0 Å². The first-order chi connectivity index (χ1) is 8.79. The van der Waals surface area contributed by atoms with Gasteiger partial charge in [0.2, 0.25) is 0 Å². The van der Waals surface area contributed by atoms with E-state index >= 15 is 0 Å². The van der Waals surface area contributed by atoms with Crippen molar-refractivity contribution in [3.63, 3.8) is 0 Å². The van der Waals surface area contributed by atoms with E-state index in [2.05, 4.69) is 11.8 Å². The Morgan fingerprint density at radius 3 is 2.78 bits per heavy atom. The van der Waals surface area contributed by atoms with Crippen LogP contribution in [0.4, 0.5) is 0 Å². The molecule has 1 saturated heterocycles. The van der Waals surface area contributed by atoms with Crippen molar-refractivity contribution in [3.05, 3.63) is 0 Å². The van der Waals surface area contributed by atoms with E-state index in [1.165, 1.54) is 58.2 Å². The fourth-order valence-electron chi connectivity index (χ4n) is 3.53. The van der Waals surface area contributed by atoms with Crippen molar-refractivity contribution in [1.82, 2.24) is 4.90 Å². The van der Waals surface area contributed by atoms with Gasteiger partial charge in [-0.15, -0.1) is 0 Å². The zero-order chi connectivity index (χ0) is 12.8. The predicted molar refractivity (Wildman–Crippen MR) is 75.6 cm³/mol. The standard InChI is InChI=1S/C15H30N2O/c1-2-18-12-13-6-5-9-17(10-13)11-14-7-3-4-8-15(14)16/h13-15H,2-12,16H2,1H3/t13?,14-,15+/m0/s1. The highest BCUT2D eigenvalue weighted by Gasteiger charge is 2.26. The van der Waals surface area contributed by atoms with Crippen molar-refractivity contribution in [3.8, 4) is 0 Å². The van der Waals surface area contributed by atoms with Gasteiger partial charge in [-0.05, 0) is 51.0 Å². The minimum atomic E-state index is 0.450. The number of hydrogen-bond donors (Lipinski definition) is 1. The first-order valence-corrected chi connectivity index (χ1v) is 7.85. The molecule has 18 heavy (non-hydrogen) atoms. The average Bonchev–Trinajstić information content (AvgIpc) is 2.40. The lowest BCUT2D eigenvalue weighted by Gasteiger charge is -2.38. The molecule has 1 heterocycles. The molecule has 0 aromatic heterocycles. The minimum absolute atomic E-state index is 0.450. The summed E-state index contributed by atoms with van der Waals surface area (Å²) in [6.07, 6.45) is 7.97. The van der Waals surface area contributed by atoms with Crippen LogP contribution >= 0.6 is 0 Å². The molecule has 1 aliphatic heterocycles. The number of ether oxygens (including phenoxy) is 1. The Morgan fingerprint density at radius 2 is 2.00 bits per heavy atom. The first-order valence-electron chi connectivity index (χ1n) is 7.85. The third-order valence-corrected chi connectivity index (χ3v) is 4.62. The maximum atomic E-state index is 6.26. The third-order valence-electron chi connectivity index (χ3n) is 4.62. The molecule has 3 atom stereocenters. The number of piperidine rings is 1. The smallest absolute Gasteiger partial charge is 0.0506 e. The summed E-state index contributed by atoms with van der Waals surface area (Å²) >= 11 is 0. The molecular weight excluding hydrogens is 224 g/mol. The molecular formula is C15H30N2O. The van der Waals surface area contributed by atoms with Crippen LogP contribution in [0.1, 0.15) is 45.4 Å². The van der Waals surface area contributed by atoms with E-state index in [0.29, 0.717) is 6.04 Å². The van der Waals surface area contributed by atoms with E-state index in [1.54, 1.807) is 0 Å². The van der Waals surface area contributed by atoms with Crippen molar-refractivity contribution < 1.29 is 4.74 Å². The molecule has 2 rings (SSSR count). The van der Waals surface area contributed by atoms with Gasteiger partial charge in [-0.3, -0.25) is 0 Å². The van der Waals surface area contributed by atoms with Gasteiger partial charge < -0.3 is 15.4 Å². The molecule has 106 valence electrons. The summed E-state index contributed by atoms with van der Waals surface area (Å²) in [5.74, 6) is 1.49. The number of rotatable bonds is 5. The van der Waals surface area contributed by atoms with Gasteiger partial charge in [-0.25, -0.2) is 0 Å². The number of nitrogens with zero attached hydrogens (tertiary/aromatic N) is 1. The zero-order valence-electron chi connectivity index (χ0n) is 11.9. The summed E-state index contributed by atoms with van der Waals surface area (Å²) in [6.45, 7) is 7.61. The highest BCUT2D eigenvalue weighted by atomic mass is 16.5. The third kappa shape index (κ3) is 4.22. The molecule has 0 aromatic carbocycles.